The molecule has 2 N–H and O–H groups in total. The maximum absolute atomic E-state index is 5.87. The van der Waals surface area contributed by atoms with Crippen LogP contribution in [0.25, 0.3) is 0 Å². The molecule has 2 rings (SSSR count). The second-order valence-corrected chi connectivity index (χ2v) is 5.32. The van der Waals surface area contributed by atoms with Crippen LogP contribution in [-0.2, 0) is 13.1 Å². The van der Waals surface area contributed by atoms with Crippen LogP contribution in [0, 0.1) is 0 Å². The molecule has 0 atom stereocenters. The van der Waals surface area contributed by atoms with Gasteiger partial charge in [-0.05, 0) is 24.3 Å². The molecule has 2 aromatic carbocycles. The van der Waals surface area contributed by atoms with Gasteiger partial charge in [0.1, 0.15) is 13.1 Å². The van der Waals surface area contributed by atoms with Crippen molar-refractivity contribution < 1.29 is 5.32 Å². The lowest BCUT2D eigenvalue weighted by molar-refractivity contribution is -0.686. The summed E-state index contributed by atoms with van der Waals surface area (Å²) in [7, 11) is 4.11. The molecule has 0 aliphatic heterocycles. The summed E-state index contributed by atoms with van der Waals surface area (Å²) >= 11 is 5.87. The zero-order chi connectivity index (χ0) is 13.7. The summed E-state index contributed by atoms with van der Waals surface area (Å²) in [6.45, 7) is 1.98. The largest absolute Gasteiger partial charge is 0.378 e. The van der Waals surface area contributed by atoms with Crippen molar-refractivity contribution in [1.29, 1.82) is 0 Å². The van der Waals surface area contributed by atoms with Crippen molar-refractivity contribution in [2.45, 2.75) is 13.1 Å². The van der Waals surface area contributed by atoms with E-state index in [1.54, 1.807) is 0 Å². The summed E-state index contributed by atoms with van der Waals surface area (Å²) in [4.78, 5) is 2.11. The SMILES string of the molecule is CN(C)c1ccc(C[NH2+]Cc2ccc(Cl)cc2)cc1. The van der Waals surface area contributed by atoms with E-state index in [1.807, 2.05) is 12.1 Å². The van der Waals surface area contributed by atoms with Crippen LogP contribution in [0.15, 0.2) is 48.5 Å². The molecule has 0 saturated heterocycles. The molecule has 0 heterocycles. The Hall–Kier alpha value is -1.51. The number of anilines is 1. The van der Waals surface area contributed by atoms with E-state index in [-0.39, 0.29) is 0 Å². The first-order valence-corrected chi connectivity index (χ1v) is 6.85. The molecule has 0 aliphatic rings. The van der Waals surface area contributed by atoms with Gasteiger partial charge in [0.25, 0.3) is 0 Å². The van der Waals surface area contributed by atoms with Crippen molar-refractivity contribution in [2.75, 3.05) is 19.0 Å². The van der Waals surface area contributed by atoms with Crippen LogP contribution in [-0.4, -0.2) is 14.1 Å². The van der Waals surface area contributed by atoms with E-state index in [9.17, 15) is 0 Å². The van der Waals surface area contributed by atoms with Gasteiger partial charge in [-0.1, -0.05) is 35.9 Å². The standard InChI is InChI=1S/C16H19ClN2/c1-19(2)16-9-5-14(6-10-16)12-18-11-13-3-7-15(17)8-4-13/h3-10,18H,11-12H2,1-2H3/p+1. The fraction of sp³-hybridized carbons (Fsp3) is 0.250. The number of nitrogens with zero attached hydrogens (tertiary/aromatic N) is 1. The highest BCUT2D eigenvalue weighted by atomic mass is 35.5. The third-order valence-corrected chi connectivity index (χ3v) is 3.38. The summed E-state index contributed by atoms with van der Waals surface area (Å²) < 4.78 is 0. The van der Waals surface area contributed by atoms with E-state index in [0.29, 0.717) is 0 Å². The zero-order valence-corrected chi connectivity index (χ0v) is 12.2. The molecule has 0 fully saturated rings. The lowest BCUT2D eigenvalue weighted by atomic mass is 10.2. The van der Waals surface area contributed by atoms with Gasteiger partial charge in [-0.2, -0.15) is 0 Å². The zero-order valence-electron chi connectivity index (χ0n) is 11.4. The average molecular weight is 276 g/mol. The van der Waals surface area contributed by atoms with Crippen molar-refractivity contribution in [3.8, 4) is 0 Å². The van der Waals surface area contributed by atoms with E-state index in [0.717, 1.165) is 18.1 Å². The lowest BCUT2D eigenvalue weighted by Crippen LogP contribution is -2.80. The van der Waals surface area contributed by atoms with Gasteiger partial charge in [-0.3, -0.25) is 0 Å². The minimum Gasteiger partial charge on any atom is -0.378 e. The van der Waals surface area contributed by atoms with E-state index >= 15 is 0 Å². The molecule has 3 heteroatoms. The summed E-state index contributed by atoms with van der Waals surface area (Å²) in [6, 6.07) is 16.7. The Morgan fingerprint density at radius 3 is 1.79 bits per heavy atom. The first kappa shape index (κ1) is 13.9. The molecular weight excluding hydrogens is 256 g/mol. The number of nitrogens with two attached hydrogens (primary N) is 1. The Morgan fingerprint density at radius 2 is 1.32 bits per heavy atom. The molecule has 0 aliphatic carbocycles. The molecular formula is C16H20ClN2+. The number of rotatable bonds is 5. The van der Waals surface area contributed by atoms with Crippen molar-refractivity contribution in [1.82, 2.24) is 0 Å². The van der Waals surface area contributed by atoms with Crippen molar-refractivity contribution in [2.24, 2.45) is 0 Å². The molecule has 0 saturated carbocycles. The number of hydrogen-bond donors (Lipinski definition) is 1. The molecule has 0 unspecified atom stereocenters. The van der Waals surface area contributed by atoms with Crippen LogP contribution < -0.4 is 10.2 Å². The van der Waals surface area contributed by atoms with Gasteiger partial charge >= 0.3 is 0 Å². The van der Waals surface area contributed by atoms with Gasteiger partial charge in [0, 0.05) is 35.9 Å². The number of hydrogen-bond acceptors (Lipinski definition) is 1. The highest BCUT2D eigenvalue weighted by Gasteiger charge is 1.99. The Morgan fingerprint density at radius 1 is 0.842 bits per heavy atom. The molecule has 19 heavy (non-hydrogen) atoms. The van der Waals surface area contributed by atoms with Gasteiger partial charge < -0.3 is 10.2 Å². The normalized spacial score (nSPS) is 10.5. The molecule has 0 radical (unpaired) electrons. The molecule has 2 aromatic rings. The van der Waals surface area contributed by atoms with Crippen LogP contribution in [0.3, 0.4) is 0 Å². The lowest BCUT2D eigenvalue weighted by Gasteiger charge is -2.12. The predicted octanol–water partition coefficient (Wildman–Crippen LogP) is 2.67. The van der Waals surface area contributed by atoms with Crippen LogP contribution in [0.4, 0.5) is 5.69 Å². The van der Waals surface area contributed by atoms with E-state index < -0.39 is 0 Å². The molecule has 0 aromatic heterocycles. The van der Waals surface area contributed by atoms with E-state index in [1.165, 1.54) is 16.8 Å². The van der Waals surface area contributed by atoms with Gasteiger partial charge in [0.05, 0.1) is 0 Å². The molecule has 100 valence electrons. The topological polar surface area (TPSA) is 19.9 Å². The van der Waals surface area contributed by atoms with Gasteiger partial charge in [0.15, 0.2) is 0 Å². The highest BCUT2D eigenvalue weighted by Crippen LogP contribution is 2.11. The summed E-state index contributed by atoms with van der Waals surface area (Å²) in [5.41, 5.74) is 3.88. The monoisotopic (exact) mass is 275 g/mol. The summed E-state index contributed by atoms with van der Waals surface area (Å²) in [5.74, 6) is 0. The third-order valence-electron chi connectivity index (χ3n) is 3.13. The first-order chi connectivity index (χ1) is 9.15. The second-order valence-electron chi connectivity index (χ2n) is 4.88. The van der Waals surface area contributed by atoms with E-state index in [4.69, 9.17) is 11.6 Å². The fourth-order valence-corrected chi connectivity index (χ4v) is 2.08. The molecule has 2 nitrogen and oxygen atoms in total. The van der Waals surface area contributed by atoms with Gasteiger partial charge in [0.2, 0.25) is 0 Å². The first-order valence-electron chi connectivity index (χ1n) is 6.47. The summed E-state index contributed by atoms with van der Waals surface area (Å²) in [6.07, 6.45) is 0. The quantitative estimate of drug-likeness (QED) is 0.889. The number of benzene rings is 2. The Balaban J connectivity index is 1.83. The average Bonchev–Trinajstić information content (AvgIpc) is 2.41. The van der Waals surface area contributed by atoms with Crippen molar-refractivity contribution in [3.63, 3.8) is 0 Å². The predicted molar refractivity (Wildman–Crippen MR) is 81.6 cm³/mol. The number of quaternary nitrogens is 1. The number of halogens is 1. The maximum atomic E-state index is 5.87. The van der Waals surface area contributed by atoms with Crippen LogP contribution in [0.5, 0.6) is 0 Å². The Labute approximate surface area is 120 Å². The van der Waals surface area contributed by atoms with Crippen LogP contribution in [0.1, 0.15) is 11.1 Å². The van der Waals surface area contributed by atoms with Crippen LogP contribution in [0.2, 0.25) is 5.02 Å². The molecule has 0 spiro atoms. The minimum atomic E-state index is 0.794. The smallest absolute Gasteiger partial charge is 0.101 e. The highest BCUT2D eigenvalue weighted by molar-refractivity contribution is 6.30. The van der Waals surface area contributed by atoms with Crippen molar-refractivity contribution in [3.05, 3.63) is 64.7 Å². The van der Waals surface area contributed by atoms with Gasteiger partial charge in [-0.25, -0.2) is 0 Å². The van der Waals surface area contributed by atoms with Crippen LogP contribution >= 0.6 is 11.6 Å². The van der Waals surface area contributed by atoms with E-state index in [2.05, 4.69) is 60.7 Å². The van der Waals surface area contributed by atoms with Gasteiger partial charge in [-0.15, -0.1) is 0 Å². The fourth-order valence-electron chi connectivity index (χ4n) is 1.96. The Kier molecular flexibility index (Phi) is 4.83. The maximum Gasteiger partial charge on any atom is 0.101 e. The minimum absolute atomic E-state index is 0.794. The van der Waals surface area contributed by atoms with Crippen molar-refractivity contribution >= 4 is 17.3 Å². The second kappa shape index (κ2) is 6.60. The molecule has 0 bridgehead atoms. The Bertz CT molecular complexity index is 503. The third kappa shape index (κ3) is 4.27. The molecule has 0 amide bonds. The summed E-state index contributed by atoms with van der Waals surface area (Å²) in [5, 5.41) is 3.09.